The van der Waals surface area contributed by atoms with Gasteiger partial charge in [0.25, 0.3) is 0 Å². The van der Waals surface area contributed by atoms with Crippen LogP contribution in [0.4, 0.5) is 0 Å². The molecule has 0 heteroatoms. The monoisotopic (exact) mass is 204 g/mol. The van der Waals surface area contributed by atoms with Crippen molar-refractivity contribution in [1.82, 2.24) is 0 Å². The summed E-state index contributed by atoms with van der Waals surface area (Å²) >= 11 is 0. The smallest absolute Gasteiger partial charge is 0.00424 e. The lowest BCUT2D eigenvalue weighted by Gasteiger charge is -2.40. The molecule has 2 rings (SSSR count). The predicted octanol–water partition coefficient (Wildman–Crippen LogP) is 4.44. The predicted molar refractivity (Wildman–Crippen MR) is 66.6 cm³/mol. The molecular weight excluding hydrogens is 180 g/mol. The van der Waals surface area contributed by atoms with E-state index in [4.69, 9.17) is 0 Å². The molecule has 0 aromatic heterocycles. The van der Waals surface area contributed by atoms with Gasteiger partial charge in [0, 0.05) is 0 Å². The van der Waals surface area contributed by atoms with Crippen molar-refractivity contribution >= 4 is 0 Å². The lowest BCUT2D eigenvalue weighted by atomic mass is 9.65. The van der Waals surface area contributed by atoms with Crippen molar-refractivity contribution < 1.29 is 0 Å². The van der Waals surface area contributed by atoms with Crippen molar-refractivity contribution in [2.45, 2.75) is 41.5 Å². The van der Waals surface area contributed by atoms with Crippen molar-refractivity contribution in [3.05, 3.63) is 22.8 Å². The van der Waals surface area contributed by atoms with Crippen molar-refractivity contribution in [2.75, 3.05) is 0 Å². The Balaban J connectivity index is 2.47. The van der Waals surface area contributed by atoms with E-state index in [1.807, 2.05) is 0 Å². The molecule has 0 heterocycles. The topological polar surface area (TPSA) is 0 Å². The number of allylic oxidation sites excluding steroid dienone is 4. The van der Waals surface area contributed by atoms with Gasteiger partial charge in [-0.3, -0.25) is 0 Å². The average molecular weight is 204 g/mol. The molecule has 0 aliphatic heterocycles. The van der Waals surface area contributed by atoms with E-state index < -0.39 is 0 Å². The maximum absolute atomic E-state index is 2.51. The highest BCUT2D eigenvalue weighted by molar-refractivity contribution is 5.48. The van der Waals surface area contributed by atoms with Crippen molar-refractivity contribution in [2.24, 2.45) is 29.6 Å². The van der Waals surface area contributed by atoms with E-state index in [-0.39, 0.29) is 0 Å². The van der Waals surface area contributed by atoms with Gasteiger partial charge in [0.05, 0.1) is 0 Å². The fraction of sp³-hybridized carbons (Fsp3) is 0.733. The summed E-state index contributed by atoms with van der Waals surface area (Å²) in [6.45, 7) is 14.3. The van der Waals surface area contributed by atoms with E-state index in [1.54, 1.807) is 16.7 Å². The molecule has 1 saturated carbocycles. The van der Waals surface area contributed by atoms with Crippen LogP contribution in [-0.2, 0) is 0 Å². The van der Waals surface area contributed by atoms with E-state index in [0.29, 0.717) is 5.92 Å². The van der Waals surface area contributed by atoms with Crippen LogP contribution in [0.3, 0.4) is 0 Å². The Labute approximate surface area is 94.5 Å². The van der Waals surface area contributed by atoms with Gasteiger partial charge < -0.3 is 0 Å². The fourth-order valence-electron chi connectivity index (χ4n) is 3.43. The summed E-state index contributed by atoms with van der Waals surface area (Å²) in [5.74, 6) is 3.84. The highest BCUT2D eigenvalue weighted by Gasteiger charge is 2.39. The molecule has 5 atom stereocenters. The molecule has 0 N–H and O–H groups in total. The Morgan fingerprint density at radius 3 is 2.00 bits per heavy atom. The first-order valence-electron chi connectivity index (χ1n) is 6.37. The lowest BCUT2D eigenvalue weighted by molar-refractivity contribution is 0.226. The third-order valence-corrected chi connectivity index (χ3v) is 5.20. The zero-order valence-corrected chi connectivity index (χ0v) is 11.0. The van der Waals surface area contributed by atoms with Crippen LogP contribution in [0.5, 0.6) is 0 Å². The summed E-state index contributed by atoms with van der Waals surface area (Å²) in [6.07, 6.45) is 2.51. The van der Waals surface area contributed by atoms with Crippen LogP contribution >= 0.6 is 0 Å². The molecule has 0 spiro atoms. The second-order valence-electron chi connectivity index (χ2n) is 5.80. The third kappa shape index (κ3) is 1.41. The molecule has 15 heavy (non-hydrogen) atoms. The van der Waals surface area contributed by atoms with Gasteiger partial charge in [-0.25, -0.2) is 0 Å². The molecule has 84 valence electrons. The molecule has 2 aliphatic carbocycles. The highest BCUT2D eigenvalue weighted by atomic mass is 14.4. The zero-order chi connectivity index (χ0) is 11.3. The molecule has 2 aliphatic rings. The molecule has 1 fully saturated rings. The Bertz CT molecular complexity index is 332. The molecule has 0 bridgehead atoms. The SMILES string of the molecule is CC1=C2C(=CC1C)C(C)C(C)C(C)C2C. The quantitative estimate of drug-likeness (QED) is 0.547. The minimum Gasteiger partial charge on any atom is -0.0738 e. The van der Waals surface area contributed by atoms with Crippen LogP contribution in [0.25, 0.3) is 0 Å². The average Bonchev–Trinajstić information content (AvgIpc) is 2.50. The summed E-state index contributed by atoms with van der Waals surface area (Å²) in [5, 5.41) is 0. The van der Waals surface area contributed by atoms with Gasteiger partial charge in [-0.2, -0.15) is 0 Å². The third-order valence-electron chi connectivity index (χ3n) is 5.20. The second-order valence-corrected chi connectivity index (χ2v) is 5.80. The molecule has 5 unspecified atom stereocenters. The Kier molecular flexibility index (Phi) is 2.56. The van der Waals surface area contributed by atoms with Gasteiger partial charge in [-0.1, -0.05) is 46.3 Å². The maximum atomic E-state index is 2.51. The molecule has 0 aromatic rings. The Hall–Kier alpha value is -0.520. The fourth-order valence-corrected chi connectivity index (χ4v) is 3.43. The first kappa shape index (κ1) is 11.0. The minimum absolute atomic E-state index is 0.678. The molecule has 0 aromatic carbocycles. The highest BCUT2D eigenvalue weighted by Crippen LogP contribution is 2.50. The number of rotatable bonds is 0. The largest absolute Gasteiger partial charge is 0.0738 e. The first-order valence-corrected chi connectivity index (χ1v) is 6.37. The van der Waals surface area contributed by atoms with Crippen molar-refractivity contribution in [3.8, 4) is 0 Å². The minimum atomic E-state index is 0.678. The summed E-state index contributed by atoms with van der Waals surface area (Å²) in [6, 6.07) is 0. The van der Waals surface area contributed by atoms with E-state index in [0.717, 1.165) is 23.7 Å². The molecular formula is C15H24. The summed E-state index contributed by atoms with van der Waals surface area (Å²) in [7, 11) is 0. The standard InChI is InChI=1S/C15H24/c1-8-7-14-12(5)10(3)11(4)13(6)15(14)9(8)2/h7-8,10-13H,1-6H3. The van der Waals surface area contributed by atoms with Crippen LogP contribution in [0, 0.1) is 29.6 Å². The van der Waals surface area contributed by atoms with Gasteiger partial charge in [0.15, 0.2) is 0 Å². The first-order chi connectivity index (χ1) is 6.95. The van der Waals surface area contributed by atoms with Gasteiger partial charge in [-0.15, -0.1) is 0 Å². The van der Waals surface area contributed by atoms with Gasteiger partial charge in [-0.05, 0) is 47.7 Å². The Morgan fingerprint density at radius 2 is 1.40 bits per heavy atom. The summed E-state index contributed by atoms with van der Waals surface area (Å²) < 4.78 is 0. The summed E-state index contributed by atoms with van der Waals surface area (Å²) in [4.78, 5) is 0. The molecule has 0 radical (unpaired) electrons. The van der Waals surface area contributed by atoms with Gasteiger partial charge in [0.1, 0.15) is 0 Å². The Morgan fingerprint density at radius 1 is 0.867 bits per heavy atom. The van der Waals surface area contributed by atoms with Crippen LogP contribution < -0.4 is 0 Å². The van der Waals surface area contributed by atoms with Crippen LogP contribution in [0.15, 0.2) is 22.8 Å². The van der Waals surface area contributed by atoms with E-state index in [9.17, 15) is 0 Å². The number of hydrogen-bond donors (Lipinski definition) is 0. The molecule has 0 nitrogen and oxygen atoms in total. The van der Waals surface area contributed by atoms with Crippen LogP contribution in [-0.4, -0.2) is 0 Å². The van der Waals surface area contributed by atoms with Crippen molar-refractivity contribution in [1.29, 1.82) is 0 Å². The summed E-state index contributed by atoms with van der Waals surface area (Å²) in [5.41, 5.74) is 4.99. The maximum Gasteiger partial charge on any atom is -0.00424 e. The molecule has 0 amide bonds. The van der Waals surface area contributed by atoms with Crippen molar-refractivity contribution in [3.63, 3.8) is 0 Å². The zero-order valence-electron chi connectivity index (χ0n) is 11.0. The van der Waals surface area contributed by atoms with Gasteiger partial charge in [0.2, 0.25) is 0 Å². The van der Waals surface area contributed by atoms with E-state index in [1.165, 1.54) is 0 Å². The van der Waals surface area contributed by atoms with E-state index in [2.05, 4.69) is 47.6 Å². The van der Waals surface area contributed by atoms with Crippen LogP contribution in [0.2, 0.25) is 0 Å². The van der Waals surface area contributed by atoms with Gasteiger partial charge >= 0.3 is 0 Å². The van der Waals surface area contributed by atoms with Crippen LogP contribution in [0.1, 0.15) is 41.5 Å². The lowest BCUT2D eigenvalue weighted by Crippen LogP contribution is -2.31. The number of hydrogen-bond acceptors (Lipinski definition) is 0. The normalized spacial score (nSPS) is 45.5. The number of fused-ring (bicyclic) bond motifs is 1. The second kappa shape index (κ2) is 3.50. The molecule has 0 saturated heterocycles. The van der Waals surface area contributed by atoms with E-state index >= 15 is 0 Å².